The second-order valence-corrected chi connectivity index (χ2v) is 19.8. The van der Waals surface area contributed by atoms with Crippen molar-refractivity contribution in [3.05, 3.63) is 102 Å². The summed E-state index contributed by atoms with van der Waals surface area (Å²) in [6.45, 7) is 1.95. The molecular weight excluding hydrogens is 889 g/mol. The molecule has 0 bridgehead atoms. The molecular formula is C41H40N10O8S4. The number of aromatic nitrogens is 6. The number of aromatic carboxylic acids is 1. The number of carboxylic acid groups (broad SMARTS) is 1. The van der Waals surface area contributed by atoms with Crippen LogP contribution in [0, 0.1) is 18.8 Å². The van der Waals surface area contributed by atoms with Crippen LogP contribution in [0.3, 0.4) is 0 Å². The molecule has 22 heteroatoms. The van der Waals surface area contributed by atoms with E-state index in [0.29, 0.717) is 27.7 Å². The topological polar surface area (TPSA) is 268 Å². The smallest absolute Gasteiger partial charge is 0.356 e. The second-order valence-electron chi connectivity index (χ2n) is 14.4. The van der Waals surface area contributed by atoms with Crippen molar-refractivity contribution in [1.82, 2.24) is 29.9 Å². The van der Waals surface area contributed by atoms with Gasteiger partial charge in [0.05, 0.1) is 21.7 Å². The first-order valence-electron chi connectivity index (χ1n) is 19.7. The van der Waals surface area contributed by atoms with Gasteiger partial charge in [0.1, 0.15) is 5.82 Å². The molecule has 8 rings (SSSR count). The first kappa shape index (κ1) is 44.7. The van der Waals surface area contributed by atoms with Crippen LogP contribution in [0.25, 0.3) is 0 Å². The molecule has 63 heavy (non-hydrogen) atoms. The Morgan fingerprint density at radius 2 is 1.43 bits per heavy atom. The predicted molar refractivity (Wildman–Crippen MR) is 237 cm³/mol. The average molecular weight is 929 g/mol. The molecule has 4 amide bonds. The Kier molecular flexibility index (Phi) is 14.3. The van der Waals surface area contributed by atoms with Crippen LogP contribution in [0.1, 0.15) is 88.1 Å². The van der Waals surface area contributed by atoms with E-state index in [2.05, 4.69) is 51.2 Å². The number of carbonyl (C=O) groups excluding carboxylic acids is 4. The van der Waals surface area contributed by atoms with E-state index in [1.807, 2.05) is 19.1 Å². The number of carboxylic acids is 1. The summed E-state index contributed by atoms with van der Waals surface area (Å²) in [7, 11) is -4.28. The number of amides is 4. The van der Waals surface area contributed by atoms with Gasteiger partial charge in [-0.1, -0.05) is 66.1 Å². The molecule has 6 N–H and O–H groups in total. The second kappa shape index (κ2) is 20.2. The number of aromatic amines is 1. The maximum Gasteiger partial charge on any atom is 0.356 e. The molecule has 0 unspecified atom stereocenters. The van der Waals surface area contributed by atoms with Crippen LogP contribution in [0.5, 0.6) is 0 Å². The molecule has 6 aromatic rings. The molecule has 0 saturated heterocycles. The van der Waals surface area contributed by atoms with Gasteiger partial charge in [0.15, 0.2) is 41.9 Å². The first-order valence-corrected chi connectivity index (χ1v) is 23.6. The van der Waals surface area contributed by atoms with Crippen molar-refractivity contribution in [3.8, 4) is 0 Å². The number of ketones is 2. The van der Waals surface area contributed by atoms with Gasteiger partial charge < -0.3 is 15.4 Å². The third kappa shape index (κ3) is 11.2. The van der Waals surface area contributed by atoms with E-state index in [0.717, 1.165) is 66.3 Å². The van der Waals surface area contributed by atoms with Crippen molar-refractivity contribution in [2.45, 2.75) is 76.9 Å². The number of nitrogens with zero attached hydrogens (tertiary/aromatic N) is 5. The number of benzene rings is 1. The molecule has 0 radical (unpaired) electrons. The van der Waals surface area contributed by atoms with E-state index in [1.54, 1.807) is 36.8 Å². The molecule has 326 valence electrons. The van der Waals surface area contributed by atoms with Gasteiger partial charge in [0, 0.05) is 42.2 Å². The van der Waals surface area contributed by atoms with E-state index in [1.165, 1.54) is 53.7 Å². The zero-order valence-electron chi connectivity index (χ0n) is 33.5. The van der Waals surface area contributed by atoms with Crippen LogP contribution in [0.2, 0.25) is 0 Å². The highest BCUT2D eigenvalue weighted by atomic mass is 32.2. The maximum atomic E-state index is 12.9. The Morgan fingerprint density at radius 1 is 0.746 bits per heavy atom. The van der Waals surface area contributed by atoms with Gasteiger partial charge in [-0.2, -0.15) is 0 Å². The summed E-state index contributed by atoms with van der Waals surface area (Å²) in [5, 5.41) is 20.4. The normalized spacial score (nSPS) is 14.0. The standard InChI is InChI=1S/C21H19N5O6S2.C20H21N5O2S2/c27-16(12-6-1-2-7-12)13-8-5-11-23-17(13)25-20(30)26-21-24-15(18(28)29)19(33-21)34(31,32)14-9-3-4-10-22-14;1-12-6-7-15(14(10-12)17(26)13-4-2-3-5-13)24-18(27)25-20-23-11-16(29-20)28-19-21-8-9-22-19/h3-5,8-12H,1-2,6-7H2,(H,28,29)(H2,23,24,25,26,30);6-11,13H,2-5H2,1H3,(H,21,22)(H2,23,24,25,27). The summed E-state index contributed by atoms with van der Waals surface area (Å²) >= 11 is 3.28. The molecule has 5 aromatic heterocycles. The molecule has 2 aliphatic rings. The number of imidazole rings is 1. The van der Waals surface area contributed by atoms with Gasteiger partial charge in [-0.05, 0) is 80.8 Å². The number of thiazole rings is 2. The van der Waals surface area contributed by atoms with Crippen LogP contribution >= 0.6 is 34.4 Å². The Bertz CT molecular complexity index is 2730. The van der Waals surface area contributed by atoms with Gasteiger partial charge in [-0.15, -0.1) is 0 Å². The molecule has 18 nitrogen and oxygen atoms in total. The van der Waals surface area contributed by atoms with Gasteiger partial charge in [0.25, 0.3) is 0 Å². The fourth-order valence-corrected chi connectivity index (χ4v) is 11.4. The third-order valence-electron chi connectivity index (χ3n) is 10.00. The van der Waals surface area contributed by atoms with Gasteiger partial charge in [-0.3, -0.25) is 25.5 Å². The molecule has 2 aliphatic carbocycles. The van der Waals surface area contributed by atoms with Crippen molar-refractivity contribution in [1.29, 1.82) is 0 Å². The Balaban J connectivity index is 0.000000191. The Labute approximate surface area is 373 Å². The summed E-state index contributed by atoms with van der Waals surface area (Å²) in [6.07, 6.45) is 15.3. The number of Topliss-reactive ketones (excluding diaryl/α,β-unsaturated/α-hetero) is 2. The van der Waals surface area contributed by atoms with E-state index >= 15 is 0 Å². The molecule has 2 saturated carbocycles. The summed E-state index contributed by atoms with van der Waals surface area (Å²) in [5.41, 5.74) is 1.65. The number of anilines is 4. The minimum Gasteiger partial charge on any atom is -0.476 e. The van der Waals surface area contributed by atoms with E-state index in [9.17, 15) is 37.5 Å². The van der Waals surface area contributed by atoms with Crippen LogP contribution in [0.4, 0.5) is 31.4 Å². The van der Waals surface area contributed by atoms with E-state index < -0.39 is 37.8 Å². The molecule has 2 fully saturated rings. The van der Waals surface area contributed by atoms with Crippen molar-refractivity contribution >= 4 is 95.6 Å². The SMILES string of the molecule is Cc1ccc(NC(=O)Nc2ncc(Sc3ncc[nH]3)s2)c(C(=O)C2CCCC2)c1.O=C(Nc1nc(C(=O)O)c(S(=O)(=O)c2ccccn2)s1)Nc1ncccc1C(=O)C1CCCC1. The summed E-state index contributed by atoms with van der Waals surface area (Å²) in [5.74, 6) is -1.58. The number of hydrogen-bond donors (Lipinski definition) is 6. The molecule has 0 atom stereocenters. The highest BCUT2D eigenvalue weighted by Gasteiger charge is 2.32. The third-order valence-corrected chi connectivity index (χ3v) is 15.1. The van der Waals surface area contributed by atoms with Crippen molar-refractivity contribution in [2.75, 3.05) is 21.3 Å². The lowest BCUT2D eigenvalue weighted by Gasteiger charge is -2.14. The number of rotatable bonds is 13. The van der Waals surface area contributed by atoms with Gasteiger partial charge in [0.2, 0.25) is 9.84 Å². The number of hydrogen-bond acceptors (Lipinski definition) is 15. The van der Waals surface area contributed by atoms with Crippen molar-refractivity contribution < 1.29 is 37.5 Å². The molecule has 0 aliphatic heterocycles. The van der Waals surface area contributed by atoms with Crippen LogP contribution in [-0.4, -0.2) is 73.0 Å². The monoisotopic (exact) mass is 928 g/mol. The van der Waals surface area contributed by atoms with Gasteiger partial charge in [-0.25, -0.2) is 47.7 Å². The summed E-state index contributed by atoms with van der Waals surface area (Å²) in [4.78, 5) is 85.4. The number of urea groups is 2. The fraction of sp³-hybridized carbons (Fsp3) is 0.268. The summed E-state index contributed by atoms with van der Waals surface area (Å²) < 4.78 is 26.1. The molecule has 0 spiro atoms. The summed E-state index contributed by atoms with van der Waals surface area (Å²) in [6, 6.07) is 11.6. The average Bonchev–Trinajstić information content (AvgIpc) is 4.14. The zero-order valence-corrected chi connectivity index (χ0v) is 36.8. The number of H-pyrrole nitrogens is 1. The Hall–Kier alpha value is -6.36. The largest absolute Gasteiger partial charge is 0.476 e. The minimum atomic E-state index is -4.28. The minimum absolute atomic E-state index is 0.0493. The van der Waals surface area contributed by atoms with Crippen LogP contribution < -0.4 is 21.3 Å². The van der Waals surface area contributed by atoms with E-state index in [4.69, 9.17) is 0 Å². The zero-order chi connectivity index (χ0) is 44.5. The quantitative estimate of drug-likeness (QED) is 0.0591. The molecule has 1 aromatic carbocycles. The lowest BCUT2D eigenvalue weighted by atomic mass is 9.94. The highest BCUT2D eigenvalue weighted by molar-refractivity contribution is 8.01. The lowest BCUT2D eigenvalue weighted by molar-refractivity contribution is 0.0686. The van der Waals surface area contributed by atoms with Crippen LogP contribution in [-0.2, 0) is 9.84 Å². The molecule has 5 heterocycles. The first-order chi connectivity index (χ1) is 30.3. The van der Waals surface area contributed by atoms with Crippen molar-refractivity contribution in [3.63, 3.8) is 0 Å². The van der Waals surface area contributed by atoms with Crippen LogP contribution in [0.15, 0.2) is 98.1 Å². The number of nitrogens with one attached hydrogen (secondary N) is 5. The highest BCUT2D eigenvalue weighted by Crippen LogP contribution is 2.35. The number of pyridine rings is 2. The predicted octanol–water partition coefficient (Wildman–Crippen LogP) is 8.82. The fourth-order valence-electron chi connectivity index (χ4n) is 7.02. The number of carbonyl (C=O) groups is 5. The number of sulfone groups is 1. The van der Waals surface area contributed by atoms with E-state index in [-0.39, 0.29) is 44.9 Å². The maximum absolute atomic E-state index is 12.9. The van der Waals surface area contributed by atoms with Crippen molar-refractivity contribution in [2.24, 2.45) is 11.8 Å². The Morgan fingerprint density at radius 3 is 2.10 bits per heavy atom. The number of aryl methyl sites for hydroxylation is 1. The lowest BCUT2D eigenvalue weighted by Crippen LogP contribution is -2.23. The van der Waals surface area contributed by atoms with Gasteiger partial charge >= 0.3 is 18.0 Å².